The van der Waals surface area contributed by atoms with Gasteiger partial charge in [0.2, 0.25) is 5.91 Å². The van der Waals surface area contributed by atoms with Crippen molar-refractivity contribution in [3.05, 3.63) is 11.8 Å². The standard InChI is InChI=1S/C13H21NO/c1-8-7-11-13(4,10(3)9(8)2)6-5-12(15)14-11/h7-10H,5-6H2,1-4H3,(H,14,15)/t8-,9?,10?,13+/m0/s1. The van der Waals surface area contributed by atoms with Gasteiger partial charge in [0.15, 0.2) is 0 Å². The van der Waals surface area contributed by atoms with Crippen LogP contribution in [0.5, 0.6) is 0 Å². The lowest BCUT2D eigenvalue weighted by Crippen LogP contribution is -2.48. The minimum atomic E-state index is 0.188. The molecule has 1 N–H and O–H groups in total. The molecule has 0 aromatic carbocycles. The summed E-state index contributed by atoms with van der Waals surface area (Å²) in [6.45, 7) is 9.19. The van der Waals surface area contributed by atoms with Crippen LogP contribution in [0.2, 0.25) is 0 Å². The second-order valence-electron chi connectivity index (χ2n) is 5.55. The quantitative estimate of drug-likeness (QED) is 0.650. The lowest BCUT2D eigenvalue weighted by atomic mass is 9.60. The fraction of sp³-hybridized carbons (Fsp3) is 0.769. The Morgan fingerprint density at radius 1 is 1.40 bits per heavy atom. The summed E-state index contributed by atoms with van der Waals surface area (Å²) in [5.74, 6) is 2.11. The number of carbonyl (C=O) groups is 1. The van der Waals surface area contributed by atoms with E-state index in [9.17, 15) is 4.79 Å². The van der Waals surface area contributed by atoms with Crippen molar-refractivity contribution in [3.63, 3.8) is 0 Å². The first kappa shape index (κ1) is 10.7. The molecule has 1 aliphatic carbocycles. The van der Waals surface area contributed by atoms with Crippen LogP contribution < -0.4 is 5.32 Å². The summed E-state index contributed by atoms with van der Waals surface area (Å²) in [5.41, 5.74) is 1.37. The van der Waals surface area contributed by atoms with Crippen molar-refractivity contribution < 1.29 is 4.79 Å². The maximum Gasteiger partial charge on any atom is 0.224 e. The molecule has 0 spiro atoms. The Morgan fingerprint density at radius 2 is 2.07 bits per heavy atom. The molecule has 84 valence electrons. The molecule has 0 aromatic heterocycles. The number of fused-ring (bicyclic) bond motifs is 1. The maximum absolute atomic E-state index is 11.4. The van der Waals surface area contributed by atoms with E-state index in [1.165, 1.54) is 5.70 Å². The van der Waals surface area contributed by atoms with Gasteiger partial charge in [0.05, 0.1) is 0 Å². The van der Waals surface area contributed by atoms with Gasteiger partial charge in [-0.2, -0.15) is 0 Å². The number of nitrogens with one attached hydrogen (secondary N) is 1. The largest absolute Gasteiger partial charge is 0.330 e. The third-order valence-electron chi connectivity index (χ3n) is 4.81. The van der Waals surface area contributed by atoms with Gasteiger partial charge in [-0.3, -0.25) is 4.79 Å². The van der Waals surface area contributed by atoms with Crippen LogP contribution in [-0.2, 0) is 4.79 Å². The molecule has 1 aliphatic heterocycles. The van der Waals surface area contributed by atoms with Crippen LogP contribution >= 0.6 is 0 Å². The number of amides is 1. The predicted molar refractivity (Wildman–Crippen MR) is 61.1 cm³/mol. The molecular weight excluding hydrogens is 186 g/mol. The molecule has 1 saturated heterocycles. The highest BCUT2D eigenvalue weighted by atomic mass is 16.1. The molecule has 2 unspecified atom stereocenters. The Balaban J connectivity index is 2.38. The number of rotatable bonds is 0. The monoisotopic (exact) mass is 207 g/mol. The Morgan fingerprint density at radius 3 is 2.73 bits per heavy atom. The lowest BCUT2D eigenvalue weighted by Gasteiger charge is -2.48. The smallest absolute Gasteiger partial charge is 0.224 e. The van der Waals surface area contributed by atoms with Gasteiger partial charge in [-0.1, -0.05) is 33.8 Å². The second kappa shape index (κ2) is 3.36. The zero-order chi connectivity index (χ0) is 11.2. The van der Waals surface area contributed by atoms with E-state index in [1.807, 2.05) is 0 Å². The second-order valence-corrected chi connectivity index (χ2v) is 5.55. The van der Waals surface area contributed by atoms with Crippen LogP contribution in [0.25, 0.3) is 0 Å². The third-order valence-corrected chi connectivity index (χ3v) is 4.81. The Hall–Kier alpha value is -0.790. The molecule has 2 nitrogen and oxygen atoms in total. The Bertz CT molecular complexity index is 320. The molecule has 2 aliphatic rings. The number of carbonyl (C=O) groups excluding carboxylic acids is 1. The van der Waals surface area contributed by atoms with Crippen LogP contribution in [-0.4, -0.2) is 5.91 Å². The molecule has 15 heavy (non-hydrogen) atoms. The summed E-state index contributed by atoms with van der Waals surface area (Å²) in [4.78, 5) is 11.4. The summed E-state index contributed by atoms with van der Waals surface area (Å²) in [6.07, 6.45) is 3.95. The zero-order valence-corrected chi connectivity index (χ0v) is 10.1. The van der Waals surface area contributed by atoms with Crippen molar-refractivity contribution in [1.82, 2.24) is 5.32 Å². The first-order valence-electron chi connectivity index (χ1n) is 5.97. The molecule has 2 rings (SSSR count). The third kappa shape index (κ3) is 1.51. The summed E-state index contributed by atoms with van der Waals surface area (Å²) in [5, 5.41) is 3.06. The van der Waals surface area contributed by atoms with Gasteiger partial charge >= 0.3 is 0 Å². The molecule has 2 heteroatoms. The average molecular weight is 207 g/mol. The number of piperidine rings is 1. The van der Waals surface area contributed by atoms with Gasteiger partial charge in [-0.15, -0.1) is 0 Å². The Labute approximate surface area is 92.1 Å². The highest BCUT2D eigenvalue weighted by molar-refractivity contribution is 5.79. The van der Waals surface area contributed by atoms with E-state index in [0.717, 1.165) is 6.42 Å². The van der Waals surface area contributed by atoms with Gasteiger partial charge in [-0.05, 0) is 24.2 Å². The molecule has 4 atom stereocenters. The van der Waals surface area contributed by atoms with E-state index in [1.54, 1.807) is 0 Å². The van der Waals surface area contributed by atoms with Gasteiger partial charge in [-0.25, -0.2) is 0 Å². The maximum atomic E-state index is 11.4. The molecule has 0 saturated carbocycles. The molecule has 1 amide bonds. The van der Waals surface area contributed by atoms with Crippen LogP contribution in [0.1, 0.15) is 40.5 Å². The van der Waals surface area contributed by atoms with E-state index in [2.05, 4.69) is 39.1 Å². The highest BCUT2D eigenvalue weighted by Gasteiger charge is 2.45. The van der Waals surface area contributed by atoms with E-state index < -0.39 is 0 Å². The predicted octanol–water partition coefficient (Wildman–Crippen LogP) is 2.71. The zero-order valence-electron chi connectivity index (χ0n) is 10.1. The molecule has 1 fully saturated rings. The van der Waals surface area contributed by atoms with E-state index in [0.29, 0.717) is 24.2 Å². The first-order valence-corrected chi connectivity index (χ1v) is 5.97. The highest BCUT2D eigenvalue weighted by Crippen LogP contribution is 2.49. The van der Waals surface area contributed by atoms with E-state index in [4.69, 9.17) is 0 Å². The van der Waals surface area contributed by atoms with Gasteiger partial charge in [0, 0.05) is 17.5 Å². The van der Waals surface area contributed by atoms with E-state index >= 15 is 0 Å². The lowest BCUT2D eigenvalue weighted by molar-refractivity contribution is -0.123. The summed E-state index contributed by atoms with van der Waals surface area (Å²) >= 11 is 0. The van der Waals surface area contributed by atoms with Crippen molar-refractivity contribution >= 4 is 5.91 Å². The fourth-order valence-electron chi connectivity index (χ4n) is 3.02. The number of hydrogen-bond acceptors (Lipinski definition) is 1. The molecule has 0 radical (unpaired) electrons. The van der Waals surface area contributed by atoms with Crippen LogP contribution in [0.15, 0.2) is 11.8 Å². The van der Waals surface area contributed by atoms with Gasteiger partial charge < -0.3 is 5.32 Å². The number of allylic oxidation sites excluding steroid dienone is 2. The summed E-state index contributed by atoms with van der Waals surface area (Å²) in [7, 11) is 0. The van der Waals surface area contributed by atoms with Crippen LogP contribution in [0, 0.1) is 23.2 Å². The summed E-state index contributed by atoms with van der Waals surface area (Å²) < 4.78 is 0. The molecule has 0 aromatic rings. The fourth-order valence-corrected chi connectivity index (χ4v) is 3.02. The minimum absolute atomic E-state index is 0.188. The molecular formula is C13H21NO. The topological polar surface area (TPSA) is 29.1 Å². The van der Waals surface area contributed by atoms with Crippen LogP contribution in [0.4, 0.5) is 0 Å². The van der Waals surface area contributed by atoms with Gasteiger partial charge in [0.1, 0.15) is 0 Å². The van der Waals surface area contributed by atoms with Crippen molar-refractivity contribution in [2.75, 3.05) is 0 Å². The van der Waals surface area contributed by atoms with E-state index in [-0.39, 0.29) is 11.3 Å². The van der Waals surface area contributed by atoms with Crippen molar-refractivity contribution in [3.8, 4) is 0 Å². The summed E-state index contributed by atoms with van der Waals surface area (Å²) in [6, 6.07) is 0. The van der Waals surface area contributed by atoms with Crippen molar-refractivity contribution in [2.24, 2.45) is 23.2 Å². The number of hydrogen-bond donors (Lipinski definition) is 1. The minimum Gasteiger partial charge on any atom is -0.330 e. The molecule has 0 bridgehead atoms. The van der Waals surface area contributed by atoms with Crippen molar-refractivity contribution in [1.29, 1.82) is 0 Å². The first-order chi connectivity index (χ1) is 6.95. The normalized spacial score (nSPS) is 45.5. The Kier molecular flexibility index (Phi) is 2.40. The SMILES string of the molecule is CC1C(C)[C@@]2(C)CCC(=O)NC2=C[C@@H]1C. The average Bonchev–Trinajstić information content (AvgIpc) is 2.19. The van der Waals surface area contributed by atoms with Gasteiger partial charge in [0.25, 0.3) is 0 Å². The van der Waals surface area contributed by atoms with Crippen LogP contribution in [0.3, 0.4) is 0 Å². The molecule has 1 heterocycles. The van der Waals surface area contributed by atoms with Crippen molar-refractivity contribution in [2.45, 2.75) is 40.5 Å².